The Hall–Kier alpha value is -2.29. The number of halogens is 1. The molecule has 2 aromatic rings. The summed E-state index contributed by atoms with van der Waals surface area (Å²) in [5.41, 5.74) is 3.40. The lowest BCUT2D eigenvalue weighted by Gasteiger charge is -2.45. The van der Waals surface area contributed by atoms with Gasteiger partial charge in [0.15, 0.2) is 0 Å². The summed E-state index contributed by atoms with van der Waals surface area (Å²) in [5, 5.41) is 11.3. The molecule has 9 heteroatoms. The lowest BCUT2D eigenvalue weighted by atomic mass is 9.68. The Kier molecular flexibility index (Phi) is 8.26. The minimum absolute atomic E-state index is 0.143. The highest BCUT2D eigenvalue weighted by atomic mass is 35.5. The molecule has 1 unspecified atom stereocenters. The molecular formula is C33H43ClN2O5S. The molecule has 1 amide bonds. The van der Waals surface area contributed by atoms with E-state index in [-0.39, 0.29) is 17.3 Å². The number of carbonyl (C=O) groups is 1. The molecule has 2 N–H and O–H groups in total. The van der Waals surface area contributed by atoms with Crippen LogP contribution in [0.15, 0.2) is 36.4 Å². The van der Waals surface area contributed by atoms with Crippen LogP contribution in [0.2, 0.25) is 5.02 Å². The van der Waals surface area contributed by atoms with Crippen LogP contribution in [0, 0.1) is 17.8 Å². The molecule has 0 aromatic heterocycles. The molecule has 0 saturated heterocycles. The molecule has 2 aliphatic carbocycles. The smallest absolute Gasteiger partial charge is 0.264 e. The molecule has 1 spiro atoms. The van der Waals surface area contributed by atoms with Crippen LogP contribution in [-0.2, 0) is 21.9 Å². The minimum atomic E-state index is -3.89. The van der Waals surface area contributed by atoms with E-state index in [1.165, 1.54) is 11.1 Å². The van der Waals surface area contributed by atoms with Gasteiger partial charge in [-0.05, 0) is 104 Å². The Morgan fingerprint density at radius 1 is 1.07 bits per heavy atom. The van der Waals surface area contributed by atoms with E-state index in [0.29, 0.717) is 49.6 Å². The van der Waals surface area contributed by atoms with E-state index < -0.39 is 27.3 Å². The second-order valence-corrected chi connectivity index (χ2v) is 15.7. The Morgan fingerprint density at radius 3 is 2.64 bits per heavy atom. The summed E-state index contributed by atoms with van der Waals surface area (Å²) in [4.78, 5) is 15.8. The fraction of sp³-hybridized carbons (Fsp3) is 0.606. The van der Waals surface area contributed by atoms with Crippen molar-refractivity contribution in [1.29, 1.82) is 0 Å². The first-order chi connectivity index (χ1) is 20.1. The van der Waals surface area contributed by atoms with Gasteiger partial charge >= 0.3 is 0 Å². The number of rotatable bonds is 1. The van der Waals surface area contributed by atoms with Crippen molar-refractivity contribution in [3.8, 4) is 5.75 Å². The van der Waals surface area contributed by atoms with Gasteiger partial charge in [0.05, 0.1) is 23.6 Å². The number of anilines is 1. The van der Waals surface area contributed by atoms with Crippen molar-refractivity contribution in [3.05, 3.63) is 58.1 Å². The van der Waals surface area contributed by atoms with Crippen LogP contribution in [0.5, 0.6) is 5.75 Å². The number of aryl methyl sites for hydroxylation is 1. The molecule has 1 saturated carbocycles. The highest BCUT2D eigenvalue weighted by molar-refractivity contribution is 7.90. The first-order valence-electron chi connectivity index (χ1n) is 15.6. The number of nitrogens with one attached hydrogen (secondary N) is 1. The number of fused-ring (bicyclic) bond motifs is 4. The molecule has 0 radical (unpaired) electrons. The van der Waals surface area contributed by atoms with Crippen LogP contribution >= 0.6 is 11.6 Å². The maximum absolute atomic E-state index is 13.4. The van der Waals surface area contributed by atoms with Gasteiger partial charge in [0.2, 0.25) is 10.0 Å². The molecule has 2 bridgehead atoms. The zero-order valence-corrected chi connectivity index (χ0v) is 26.2. The number of carbonyl (C=O) groups excluding carboxylic acids is 1. The molecule has 5 atom stereocenters. The number of amides is 1. The Bertz CT molecular complexity index is 1450. The molecule has 1 fully saturated rings. The number of hydrogen-bond acceptors (Lipinski definition) is 6. The molecule has 7 nitrogen and oxygen atoms in total. The van der Waals surface area contributed by atoms with Crippen molar-refractivity contribution in [2.45, 2.75) is 88.4 Å². The third-order valence-corrected chi connectivity index (χ3v) is 12.6. The summed E-state index contributed by atoms with van der Waals surface area (Å²) in [5.74, 6) is 0.505. The third-order valence-electron chi connectivity index (χ3n) is 10.3. The summed E-state index contributed by atoms with van der Waals surface area (Å²) in [6.07, 6.45) is 7.24. The van der Waals surface area contributed by atoms with Crippen LogP contribution in [0.4, 0.5) is 5.69 Å². The molecule has 42 heavy (non-hydrogen) atoms. The summed E-state index contributed by atoms with van der Waals surface area (Å²) in [7, 11) is -3.89. The topological polar surface area (TPSA) is 95.9 Å². The van der Waals surface area contributed by atoms with Crippen molar-refractivity contribution in [3.63, 3.8) is 0 Å². The highest BCUT2D eigenvalue weighted by Gasteiger charge is 2.44. The number of benzene rings is 2. The Morgan fingerprint density at radius 2 is 1.88 bits per heavy atom. The number of aliphatic hydroxyl groups is 1. The van der Waals surface area contributed by atoms with Crippen LogP contribution < -0.4 is 14.4 Å². The van der Waals surface area contributed by atoms with Crippen molar-refractivity contribution >= 4 is 33.2 Å². The molecule has 228 valence electrons. The van der Waals surface area contributed by atoms with Crippen LogP contribution in [-0.4, -0.2) is 50.5 Å². The van der Waals surface area contributed by atoms with Crippen molar-refractivity contribution < 1.29 is 23.1 Å². The predicted octanol–water partition coefficient (Wildman–Crippen LogP) is 5.86. The summed E-state index contributed by atoms with van der Waals surface area (Å²) >= 11 is 6.39. The zero-order valence-electron chi connectivity index (χ0n) is 24.6. The van der Waals surface area contributed by atoms with Gasteiger partial charge in [-0.15, -0.1) is 0 Å². The van der Waals surface area contributed by atoms with Crippen molar-refractivity contribution in [1.82, 2.24) is 4.72 Å². The van der Waals surface area contributed by atoms with Crippen LogP contribution in [0.1, 0.15) is 86.7 Å². The normalized spacial score (nSPS) is 31.3. The minimum Gasteiger partial charge on any atom is -0.490 e. The third kappa shape index (κ3) is 5.67. The van der Waals surface area contributed by atoms with E-state index in [1.807, 2.05) is 26.0 Å². The van der Waals surface area contributed by atoms with Gasteiger partial charge in [0, 0.05) is 29.1 Å². The average Bonchev–Trinajstić information content (AvgIpc) is 3.06. The van der Waals surface area contributed by atoms with Crippen LogP contribution in [0.3, 0.4) is 0 Å². The van der Waals surface area contributed by atoms with E-state index in [0.717, 1.165) is 55.8 Å². The van der Waals surface area contributed by atoms with Gasteiger partial charge in [-0.2, -0.15) is 0 Å². The van der Waals surface area contributed by atoms with Crippen molar-refractivity contribution in [2.24, 2.45) is 17.8 Å². The Balaban J connectivity index is 1.41. The number of nitrogens with zero attached hydrogens (tertiary/aromatic N) is 1. The zero-order chi connectivity index (χ0) is 29.6. The SMILES string of the molecule is CC(C)C1CCCC[C@@H](O)[C@@H]2CC[C@H]2CN2C[C@@]3(CCCc4cc(Cl)ccc43)COc3ccc(cc32)C(=O)NS1(=O)=O. The maximum Gasteiger partial charge on any atom is 0.264 e. The monoisotopic (exact) mass is 614 g/mol. The second kappa shape index (κ2) is 11.7. The summed E-state index contributed by atoms with van der Waals surface area (Å²) in [6.45, 7) is 5.74. The van der Waals surface area contributed by atoms with Crippen LogP contribution in [0.25, 0.3) is 0 Å². The first-order valence-corrected chi connectivity index (χ1v) is 17.5. The molecule has 6 rings (SSSR count). The summed E-state index contributed by atoms with van der Waals surface area (Å²) in [6, 6.07) is 11.5. The van der Waals surface area contributed by atoms with E-state index in [4.69, 9.17) is 16.3 Å². The molecular weight excluding hydrogens is 572 g/mol. The number of aliphatic hydroxyl groups excluding tert-OH is 1. The largest absolute Gasteiger partial charge is 0.490 e. The number of sulfonamides is 1. The van der Waals surface area contributed by atoms with E-state index in [1.54, 1.807) is 12.1 Å². The first kappa shape index (κ1) is 29.8. The van der Waals surface area contributed by atoms with Gasteiger partial charge in [0.1, 0.15) is 5.75 Å². The van der Waals surface area contributed by atoms with Gasteiger partial charge < -0.3 is 14.7 Å². The lowest BCUT2D eigenvalue weighted by Crippen LogP contribution is -2.49. The predicted molar refractivity (Wildman–Crippen MR) is 166 cm³/mol. The van der Waals surface area contributed by atoms with E-state index in [9.17, 15) is 18.3 Å². The maximum atomic E-state index is 13.4. The van der Waals surface area contributed by atoms with E-state index in [2.05, 4.69) is 21.8 Å². The number of hydrogen-bond donors (Lipinski definition) is 2. The summed E-state index contributed by atoms with van der Waals surface area (Å²) < 4.78 is 35.7. The molecule has 2 heterocycles. The molecule has 4 aliphatic rings. The standard InChI is InChI=1S/C33H43ClN2O5S/c1-21(2)31-8-4-3-7-29(37)26-12-9-24(26)18-36-19-33(15-5-6-22-16-25(34)11-13-27(22)33)20-41-30-14-10-23(17-28(30)36)32(38)35-42(31,39)40/h10-11,13-14,16-17,21,24,26,29,31,37H,3-9,12,15,18-20H2,1-2H3,(H,35,38)/t24-,26+,29+,31?,33-/m0/s1. The van der Waals surface area contributed by atoms with Crippen molar-refractivity contribution in [2.75, 3.05) is 24.6 Å². The second-order valence-electron chi connectivity index (χ2n) is 13.4. The molecule has 2 aliphatic heterocycles. The lowest BCUT2D eigenvalue weighted by molar-refractivity contribution is 0.00901. The highest BCUT2D eigenvalue weighted by Crippen LogP contribution is 2.47. The quantitative estimate of drug-likeness (QED) is 0.418. The van der Waals surface area contributed by atoms with Gasteiger partial charge in [-0.1, -0.05) is 44.4 Å². The van der Waals surface area contributed by atoms with Gasteiger partial charge in [0.25, 0.3) is 5.91 Å². The van der Waals surface area contributed by atoms with E-state index >= 15 is 0 Å². The number of ether oxygens (including phenoxy) is 1. The fourth-order valence-electron chi connectivity index (χ4n) is 7.89. The fourth-order valence-corrected chi connectivity index (χ4v) is 9.81. The van der Waals surface area contributed by atoms with Gasteiger partial charge in [-0.3, -0.25) is 4.79 Å². The Labute approximate surface area is 255 Å². The van der Waals surface area contributed by atoms with Gasteiger partial charge in [-0.25, -0.2) is 13.1 Å². The molecule has 2 aromatic carbocycles. The average molecular weight is 615 g/mol.